The van der Waals surface area contributed by atoms with Crippen molar-refractivity contribution in [2.24, 2.45) is 0 Å². The van der Waals surface area contributed by atoms with Crippen LogP contribution in [-0.2, 0) is 4.74 Å². The Hall–Kier alpha value is -1.64. The molecule has 1 saturated heterocycles. The molecule has 5 nitrogen and oxygen atoms in total. The first-order chi connectivity index (χ1) is 8.85. The second-order valence-electron chi connectivity index (χ2n) is 4.33. The van der Waals surface area contributed by atoms with Crippen molar-refractivity contribution >= 4 is 5.69 Å². The Morgan fingerprint density at radius 1 is 1.39 bits per heavy atom. The molecule has 96 valence electrons. The van der Waals surface area contributed by atoms with Crippen molar-refractivity contribution in [3.05, 3.63) is 24.0 Å². The van der Waals surface area contributed by atoms with E-state index in [-0.39, 0.29) is 0 Å². The zero-order valence-corrected chi connectivity index (χ0v) is 10.7. The van der Waals surface area contributed by atoms with E-state index in [9.17, 15) is 0 Å². The minimum absolute atomic E-state index is 0.704. The molecule has 0 N–H and O–H groups in total. The summed E-state index contributed by atoms with van der Waals surface area (Å²) < 4.78 is 5.08. The summed E-state index contributed by atoms with van der Waals surface area (Å²) in [5.41, 5.74) is 1.65. The minimum atomic E-state index is 0.704. The molecule has 2 heterocycles. The zero-order valence-electron chi connectivity index (χ0n) is 10.7. The average molecular weight is 246 g/mol. The van der Waals surface area contributed by atoms with Gasteiger partial charge < -0.3 is 9.64 Å². The number of aromatic nitrogens is 1. The number of hydrogen-bond donors (Lipinski definition) is 0. The lowest BCUT2D eigenvalue weighted by Crippen LogP contribution is -2.47. The van der Waals surface area contributed by atoms with Gasteiger partial charge in [-0.2, -0.15) is 5.26 Å². The quantitative estimate of drug-likeness (QED) is 0.783. The topological polar surface area (TPSA) is 52.4 Å². The van der Waals surface area contributed by atoms with Crippen molar-refractivity contribution in [3.8, 4) is 6.07 Å². The van der Waals surface area contributed by atoms with Gasteiger partial charge in [0.1, 0.15) is 6.07 Å². The fourth-order valence-electron chi connectivity index (χ4n) is 2.17. The smallest absolute Gasteiger partial charge is 0.101 e. The van der Waals surface area contributed by atoms with E-state index in [1.165, 1.54) is 0 Å². The van der Waals surface area contributed by atoms with Crippen LogP contribution in [0.1, 0.15) is 5.56 Å². The Labute approximate surface area is 108 Å². The molecular formula is C13H18N4O. The van der Waals surface area contributed by atoms with Gasteiger partial charge in [-0.15, -0.1) is 0 Å². The molecule has 0 aromatic carbocycles. The normalized spacial score (nSPS) is 16.6. The summed E-state index contributed by atoms with van der Waals surface area (Å²) in [5, 5.41) is 9.09. The molecule has 5 heteroatoms. The van der Waals surface area contributed by atoms with E-state index in [0.29, 0.717) is 5.56 Å². The van der Waals surface area contributed by atoms with Gasteiger partial charge in [-0.25, -0.2) is 0 Å². The molecule has 0 aliphatic carbocycles. The van der Waals surface area contributed by atoms with Crippen LogP contribution in [0.4, 0.5) is 5.69 Å². The van der Waals surface area contributed by atoms with Crippen molar-refractivity contribution < 1.29 is 4.74 Å². The number of anilines is 1. The SMILES string of the molecule is COCCN1CCN(c2cnccc2C#N)CC1. The Kier molecular flexibility index (Phi) is 4.51. The number of rotatable bonds is 4. The number of nitrogens with zero attached hydrogens (tertiary/aromatic N) is 4. The van der Waals surface area contributed by atoms with Gasteiger partial charge in [-0.05, 0) is 6.07 Å². The molecule has 1 aromatic heterocycles. The summed E-state index contributed by atoms with van der Waals surface area (Å²) in [4.78, 5) is 8.72. The number of hydrogen-bond acceptors (Lipinski definition) is 5. The molecular weight excluding hydrogens is 228 g/mol. The highest BCUT2D eigenvalue weighted by Gasteiger charge is 2.18. The molecule has 0 spiro atoms. The maximum atomic E-state index is 9.09. The number of piperazine rings is 1. The first-order valence-corrected chi connectivity index (χ1v) is 6.15. The second kappa shape index (κ2) is 6.34. The lowest BCUT2D eigenvalue weighted by Gasteiger charge is -2.36. The summed E-state index contributed by atoms with van der Waals surface area (Å²) in [6.07, 6.45) is 3.44. The van der Waals surface area contributed by atoms with Gasteiger partial charge in [-0.1, -0.05) is 0 Å². The molecule has 1 aromatic rings. The van der Waals surface area contributed by atoms with Gasteiger partial charge in [0.2, 0.25) is 0 Å². The molecule has 0 bridgehead atoms. The van der Waals surface area contributed by atoms with Crippen LogP contribution in [0, 0.1) is 11.3 Å². The number of ether oxygens (including phenoxy) is 1. The first kappa shape index (κ1) is 12.8. The van der Waals surface area contributed by atoms with Crippen LogP contribution in [0.15, 0.2) is 18.5 Å². The Morgan fingerprint density at radius 3 is 2.83 bits per heavy atom. The maximum absolute atomic E-state index is 9.09. The van der Waals surface area contributed by atoms with Crippen LogP contribution >= 0.6 is 0 Å². The van der Waals surface area contributed by atoms with Gasteiger partial charge in [-0.3, -0.25) is 9.88 Å². The highest BCUT2D eigenvalue weighted by molar-refractivity contribution is 5.57. The number of nitriles is 1. The third-order valence-corrected chi connectivity index (χ3v) is 3.25. The van der Waals surface area contributed by atoms with Gasteiger partial charge in [0.25, 0.3) is 0 Å². The van der Waals surface area contributed by atoms with E-state index in [0.717, 1.165) is 45.0 Å². The molecule has 0 radical (unpaired) electrons. The van der Waals surface area contributed by atoms with E-state index >= 15 is 0 Å². The molecule has 18 heavy (non-hydrogen) atoms. The molecule has 0 unspecified atom stereocenters. The van der Waals surface area contributed by atoms with Crippen molar-refractivity contribution in [2.45, 2.75) is 0 Å². The van der Waals surface area contributed by atoms with Gasteiger partial charge in [0.15, 0.2) is 0 Å². The molecule has 2 rings (SSSR count). The summed E-state index contributed by atoms with van der Waals surface area (Å²) in [6, 6.07) is 3.99. The van der Waals surface area contributed by atoms with E-state index in [4.69, 9.17) is 10.00 Å². The Bertz CT molecular complexity index is 421. The van der Waals surface area contributed by atoms with Crippen LogP contribution in [0.5, 0.6) is 0 Å². The van der Waals surface area contributed by atoms with Crippen molar-refractivity contribution in [1.82, 2.24) is 9.88 Å². The predicted octanol–water partition coefficient (Wildman–Crippen LogP) is 0.722. The average Bonchev–Trinajstić information content (AvgIpc) is 2.45. The van der Waals surface area contributed by atoms with Gasteiger partial charge in [0.05, 0.1) is 24.1 Å². The Balaban J connectivity index is 1.95. The molecule has 1 aliphatic rings. The molecule has 1 fully saturated rings. The number of pyridine rings is 1. The largest absolute Gasteiger partial charge is 0.383 e. The van der Waals surface area contributed by atoms with Gasteiger partial charge in [0, 0.05) is 46.0 Å². The second-order valence-corrected chi connectivity index (χ2v) is 4.33. The predicted molar refractivity (Wildman–Crippen MR) is 69.5 cm³/mol. The summed E-state index contributed by atoms with van der Waals surface area (Å²) in [5.74, 6) is 0. The monoisotopic (exact) mass is 246 g/mol. The van der Waals surface area contributed by atoms with Crippen LogP contribution in [0.3, 0.4) is 0 Å². The Morgan fingerprint density at radius 2 is 2.17 bits per heavy atom. The van der Waals surface area contributed by atoms with Gasteiger partial charge >= 0.3 is 0 Å². The number of methoxy groups -OCH3 is 1. The van der Waals surface area contributed by atoms with Crippen LogP contribution in [0.2, 0.25) is 0 Å². The molecule has 0 saturated carbocycles. The fourth-order valence-corrected chi connectivity index (χ4v) is 2.17. The highest BCUT2D eigenvalue weighted by atomic mass is 16.5. The standard InChI is InChI=1S/C13H18N4O/c1-18-9-8-16-4-6-17(7-5-16)13-11-15-3-2-12(13)10-14/h2-3,11H,4-9H2,1H3. The van der Waals surface area contributed by atoms with E-state index in [1.807, 2.05) is 0 Å². The third-order valence-electron chi connectivity index (χ3n) is 3.25. The van der Waals surface area contributed by atoms with E-state index in [1.54, 1.807) is 25.6 Å². The molecule has 0 amide bonds. The van der Waals surface area contributed by atoms with Crippen LogP contribution < -0.4 is 4.90 Å². The summed E-state index contributed by atoms with van der Waals surface area (Å²) >= 11 is 0. The fraction of sp³-hybridized carbons (Fsp3) is 0.538. The van der Waals surface area contributed by atoms with Crippen molar-refractivity contribution in [2.75, 3.05) is 51.3 Å². The van der Waals surface area contributed by atoms with Crippen molar-refractivity contribution in [1.29, 1.82) is 5.26 Å². The van der Waals surface area contributed by atoms with Crippen LogP contribution in [0.25, 0.3) is 0 Å². The lowest BCUT2D eigenvalue weighted by atomic mass is 10.2. The maximum Gasteiger partial charge on any atom is 0.101 e. The molecule has 0 atom stereocenters. The highest BCUT2D eigenvalue weighted by Crippen LogP contribution is 2.19. The summed E-state index contributed by atoms with van der Waals surface area (Å²) in [6.45, 7) is 5.62. The third kappa shape index (κ3) is 2.97. The molecule has 1 aliphatic heterocycles. The summed E-state index contributed by atoms with van der Waals surface area (Å²) in [7, 11) is 1.73. The lowest BCUT2D eigenvalue weighted by molar-refractivity contribution is 0.144. The first-order valence-electron chi connectivity index (χ1n) is 6.15. The van der Waals surface area contributed by atoms with E-state index in [2.05, 4.69) is 20.9 Å². The van der Waals surface area contributed by atoms with Crippen LogP contribution in [-0.4, -0.2) is 56.3 Å². The zero-order chi connectivity index (χ0) is 12.8. The van der Waals surface area contributed by atoms with E-state index < -0.39 is 0 Å². The van der Waals surface area contributed by atoms with Crippen molar-refractivity contribution in [3.63, 3.8) is 0 Å². The minimum Gasteiger partial charge on any atom is -0.383 e.